The van der Waals surface area contributed by atoms with Crippen LogP contribution in [0.4, 0.5) is 5.69 Å². The van der Waals surface area contributed by atoms with E-state index >= 15 is 0 Å². The van der Waals surface area contributed by atoms with Gasteiger partial charge >= 0.3 is 5.97 Å². The lowest BCUT2D eigenvalue weighted by Crippen LogP contribution is -2.44. The highest BCUT2D eigenvalue weighted by atomic mass is 16.5. The minimum Gasteiger partial charge on any atom is -0.467 e. The Labute approximate surface area is 184 Å². The number of rotatable bonds is 2. The Balaban J connectivity index is 1.49. The summed E-state index contributed by atoms with van der Waals surface area (Å²) in [6, 6.07) is 19.9. The summed E-state index contributed by atoms with van der Waals surface area (Å²) in [6.45, 7) is 0. The van der Waals surface area contributed by atoms with Crippen LogP contribution in [0.3, 0.4) is 0 Å². The third kappa shape index (κ3) is 2.43. The van der Waals surface area contributed by atoms with Gasteiger partial charge in [-0.25, -0.2) is 9.69 Å². The number of imide groups is 1. The number of anilines is 1. The van der Waals surface area contributed by atoms with Crippen molar-refractivity contribution >= 4 is 40.3 Å². The molecule has 158 valence electrons. The lowest BCUT2D eigenvalue weighted by atomic mass is 9.84. The standard InChI is InChI=1S/C26H20N2O4/c1-32-26(31)23-21-20(22-19-9-5-4-7-16(19)12-13-27(22)23)24(29)28(25(21)30)18-11-10-15-6-2-3-8-17(15)14-18/h2-14,20-23H,1H3/t20-,21-,22+,23-/m0/s1. The number of carbonyl (C=O) groups is 3. The highest BCUT2D eigenvalue weighted by Crippen LogP contribution is 2.53. The zero-order chi connectivity index (χ0) is 22.0. The van der Waals surface area contributed by atoms with Crippen molar-refractivity contribution in [1.29, 1.82) is 0 Å². The first-order valence-corrected chi connectivity index (χ1v) is 10.6. The molecule has 0 bridgehead atoms. The normalized spacial score (nSPS) is 25.7. The molecule has 0 N–H and O–H groups in total. The van der Waals surface area contributed by atoms with Crippen molar-refractivity contribution in [2.24, 2.45) is 11.8 Å². The number of methoxy groups -OCH3 is 1. The van der Waals surface area contributed by atoms with E-state index in [1.54, 1.807) is 6.07 Å². The number of hydrogen-bond acceptors (Lipinski definition) is 5. The molecular weight excluding hydrogens is 404 g/mol. The maximum Gasteiger partial charge on any atom is 0.329 e. The van der Waals surface area contributed by atoms with E-state index in [1.165, 1.54) is 12.0 Å². The number of nitrogens with zero attached hydrogens (tertiary/aromatic N) is 2. The van der Waals surface area contributed by atoms with Crippen LogP contribution in [0.15, 0.2) is 72.9 Å². The number of esters is 1. The first-order valence-electron chi connectivity index (χ1n) is 10.6. The van der Waals surface area contributed by atoms with E-state index in [1.807, 2.05) is 77.8 Å². The molecule has 0 aliphatic carbocycles. The third-order valence-electron chi connectivity index (χ3n) is 6.90. The Kier molecular flexibility index (Phi) is 3.99. The summed E-state index contributed by atoms with van der Waals surface area (Å²) >= 11 is 0. The predicted octanol–water partition coefficient (Wildman–Crippen LogP) is 3.53. The Hall–Kier alpha value is -3.93. The molecule has 0 spiro atoms. The molecule has 6 nitrogen and oxygen atoms in total. The molecule has 3 aliphatic rings. The summed E-state index contributed by atoms with van der Waals surface area (Å²) < 4.78 is 5.06. The molecule has 0 aromatic heterocycles. The first-order chi connectivity index (χ1) is 15.6. The van der Waals surface area contributed by atoms with Crippen molar-refractivity contribution in [2.45, 2.75) is 12.1 Å². The van der Waals surface area contributed by atoms with Crippen molar-refractivity contribution in [3.63, 3.8) is 0 Å². The second-order valence-corrected chi connectivity index (χ2v) is 8.40. The van der Waals surface area contributed by atoms with Gasteiger partial charge in [0.25, 0.3) is 0 Å². The zero-order valence-corrected chi connectivity index (χ0v) is 17.3. The van der Waals surface area contributed by atoms with Crippen LogP contribution < -0.4 is 4.90 Å². The number of ether oxygens (including phenoxy) is 1. The van der Waals surface area contributed by atoms with E-state index < -0.39 is 29.9 Å². The minimum absolute atomic E-state index is 0.276. The molecule has 2 saturated heterocycles. The Morgan fingerprint density at radius 1 is 0.875 bits per heavy atom. The summed E-state index contributed by atoms with van der Waals surface area (Å²) in [5, 5.41) is 1.97. The maximum atomic E-state index is 13.8. The molecule has 0 saturated carbocycles. The maximum absolute atomic E-state index is 13.8. The van der Waals surface area contributed by atoms with Gasteiger partial charge in [-0.15, -0.1) is 0 Å². The zero-order valence-electron chi connectivity index (χ0n) is 17.3. The predicted molar refractivity (Wildman–Crippen MR) is 119 cm³/mol. The number of hydrogen-bond donors (Lipinski definition) is 0. The molecule has 3 aromatic carbocycles. The Morgan fingerprint density at radius 2 is 1.59 bits per heavy atom. The average Bonchev–Trinajstić information content (AvgIpc) is 3.31. The van der Waals surface area contributed by atoms with Gasteiger partial charge < -0.3 is 9.64 Å². The van der Waals surface area contributed by atoms with Crippen LogP contribution in [0.25, 0.3) is 16.8 Å². The van der Waals surface area contributed by atoms with Gasteiger partial charge in [0.2, 0.25) is 11.8 Å². The van der Waals surface area contributed by atoms with Crippen molar-refractivity contribution < 1.29 is 19.1 Å². The molecule has 3 aliphatic heterocycles. The van der Waals surface area contributed by atoms with Crippen molar-refractivity contribution in [3.05, 3.63) is 84.1 Å². The van der Waals surface area contributed by atoms with E-state index in [9.17, 15) is 14.4 Å². The molecule has 2 amide bonds. The van der Waals surface area contributed by atoms with Gasteiger partial charge in [-0.2, -0.15) is 0 Å². The van der Waals surface area contributed by atoms with Crippen LogP contribution in [0.5, 0.6) is 0 Å². The molecule has 3 aromatic rings. The van der Waals surface area contributed by atoms with Crippen LogP contribution in [0.2, 0.25) is 0 Å². The fraction of sp³-hybridized carbons (Fsp3) is 0.192. The van der Waals surface area contributed by atoms with Gasteiger partial charge in [0, 0.05) is 6.20 Å². The molecule has 0 radical (unpaired) electrons. The second-order valence-electron chi connectivity index (χ2n) is 8.40. The topological polar surface area (TPSA) is 66.9 Å². The highest BCUT2D eigenvalue weighted by molar-refractivity contribution is 6.24. The third-order valence-corrected chi connectivity index (χ3v) is 6.90. The summed E-state index contributed by atoms with van der Waals surface area (Å²) in [5.41, 5.74) is 2.46. The van der Waals surface area contributed by atoms with Crippen LogP contribution in [-0.2, 0) is 19.1 Å². The fourth-order valence-electron chi connectivity index (χ4n) is 5.52. The van der Waals surface area contributed by atoms with Gasteiger partial charge in [0.05, 0.1) is 30.7 Å². The van der Waals surface area contributed by atoms with Gasteiger partial charge in [-0.1, -0.05) is 54.6 Å². The van der Waals surface area contributed by atoms with Crippen LogP contribution in [0.1, 0.15) is 17.2 Å². The van der Waals surface area contributed by atoms with Crippen molar-refractivity contribution in [3.8, 4) is 0 Å². The minimum atomic E-state index is -0.846. The van der Waals surface area contributed by atoms with E-state index in [4.69, 9.17) is 4.74 Å². The molecule has 0 unspecified atom stereocenters. The average molecular weight is 424 g/mol. The van der Waals surface area contributed by atoms with Crippen LogP contribution in [0, 0.1) is 11.8 Å². The SMILES string of the molecule is COC(=O)[C@@H]1[C@H]2C(=O)N(c3ccc4ccccc4c3)C(=O)[C@@H]2[C@H]2c3ccccc3C=CN12. The van der Waals surface area contributed by atoms with Gasteiger partial charge in [-0.05, 0) is 40.1 Å². The molecule has 6 rings (SSSR count). The molecule has 2 fully saturated rings. The van der Waals surface area contributed by atoms with E-state index in [-0.39, 0.29) is 11.8 Å². The van der Waals surface area contributed by atoms with Gasteiger partial charge in [0.1, 0.15) is 6.04 Å². The number of benzene rings is 3. The van der Waals surface area contributed by atoms with E-state index in [2.05, 4.69) is 0 Å². The van der Waals surface area contributed by atoms with Crippen molar-refractivity contribution in [2.75, 3.05) is 12.0 Å². The van der Waals surface area contributed by atoms with Gasteiger partial charge in [0.15, 0.2) is 0 Å². The molecule has 6 heteroatoms. The number of carbonyl (C=O) groups excluding carboxylic acids is 3. The Morgan fingerprint density at radius 3 is 2.41 bits per heavy atom. The van der Waals surface area contributed by atoms with E-state index in [0.717, 1.165) is 21.9 Å². The lowest BCUT2D eigenvalue weighted by molar-refractivity contribution is -0.148. The van der Waals surface area contributed by atoms with Crippen LogP contribution >= 0.6 is 0 Å². The summed E-state index contributed by atoms with van der Waals surface area (Å²) in [4.78, 5) is 43.3. The Bertz CT molecular complexity index is 1330. The summed E-state index contributed by atoms with van der Waals surface area (Å²) in [6.07, 6.45) is 3.73. The van der Waals surface area contributed by atoms with Crippen LogP contribution in [-0.4, -0.2) is 35.8 Å². The molecule has 4 atom stereocenters. The largest absolute Gasteiger partial charge is 0.467 e. The second kappa shape index (κ2) is 6.79. The molecule has 32 heavy (non-hydrogen) atoms. The lowest BCUT2D eigenvalue weighted by Gasteiger charge is -2.34. The van der Waals surface area contributed by atoms with E-state index in [0.29, 0.717) is 5.69 Å². The number of amides is 2. The molecule has 3 heterocycles. The first kappa shape index (κ1) is 18.8. The monoisotopic (exact) mass is 424 g/mol. The highest BCUT2D eigenvalue weighted by Gasteiger charge is 2.65. The quantitative estimate of drug-likeness (QED) is 0.465. The fourth-order valence-corrected chi connectivity index (χ4v) is 5.52. The smallest absolute Gasteiger partial charge is 0.329 e. The van der Waals surface area contributed by atoms with Gasteiger partial charge in [-0.3, -0.25) is 9.59 Å². The van der Waals surface area contributed by atoms with Crippen molar-refractivity contribution in [1.82, 2.24) is 4.90 Å². The summed E-state index contributed by atoms with van der Waals surface area (Å²) in [7, 11) is 1.31. The summed E-state index contributed by atoms with van der Waals surface area (Å²) in [5.74, 6) is -2.60. The number of fused-ring (bicyclic) bond motifs is 6. The molecular formula is C26H20N2O4.